The first kappa shape index (κ1) is 14.5. The molecule has 0 bridgehead atoms. The first-order valence-electron chi connectivity index (χ1n) is 8.08. The number of para-hydroxylation sites is 2. The zero-order chi connectivity index (χ0) is 16.4. The Morgan fingerprint density at radius 3 is 2.12 bits per heavy atom. The Hall–Kier alpha value is -3.07. The number of rotatable bonds is 3. The minimum absolute atomic E-state index is 0.0104. The quantitative estimate of drug-likeness (QED) is 0.757. The maximum absolute atomic E-state index is 10.3. The Morgan fingerprint density at radius 2 is 1.42 bits per heavy atom. The van der Waals surface area contributed by atoms with Gasteiger partial charge in [0.05, 0.1) is 17.4 Å². The number of anilines is 1. The van der Waals surface area contributed by atoms with Crippen molar-refractivity contribution in [3.05, 3.63) is 96.1 Å². The zero-order valence-corrected chi connectivity index (χ0v) is 13.2. The average Bonchev–Trinajstić information content (AvgIpc) is 3.09. The summed E-state index contributed by atoms with van der Waals surface area (Å²) in [7, 11) is 0. The van der Waals surface area contributed by atoms with Crippen LogP contribution in [0.3, 0.4) is 0 Å². The summed E-state index contributed by atoms with van der Waals surface area (Å²) in [5.41, 5.74) is 4.08. The third kappa shape index (κ3) is 2.65. The van der Waals surface area contributed by atoms with Gasteiger partial charge in [0.15, 0.2) is 0 Å². The minimum Gasteiger partial charge on any atom is -0.508 e. The number of hydrogen-bond donors (Lipinski definition) is 1. The lowest BCUT2D eigenvalue weighted by Crippen LogP contribution is -2.18. The van der Waals surface area contributed by atoms with Crippen LogP contribution in [-0.4, -0.2) is 10.8 Å². The maximum Gasteiger partial charge on any atom is 0.120 e. The smallest absolute Gasteiger partial charge is 0.120 e. The van der Waals surface area contributed by atoms with Gasteiger partial charge < -0.3 is 5.11 Å². The predicted octanol–water partition coefficient (Wildman–Crippen LogP) is 4.75. The van der Waals surface area contributed by atoms with Gasteiger partial charge in [-0.15, -0.1) is 0 Å². The highest BCUT2D eigenvalue weighted by Gasteiger charge is 2.31. The van der Waals surface area contributed by atoms with Crippen LogP contribution >= 0.6 is 0 Å². The lowest BCUT2D eigenvalue weighted by atomic mass is 9.97. The molecule has 0 fully saturated rings. The molecular weight excluding hydrogens is 296 g/mol. The summed E-state index contributed by atoms with van der Waals surface area (Å²) >= 11 is 0. The fourth-order valence-electron chi connectivity index (χ4n) is 3.15. The van der Waals surface area contributed by atoms with E-state index in [0.29, 0.717) is 5.75 Å². The average molecular weight is 314 g/mol. The van der Waals surface area contributed by atoms with Gasteiger partial charge in [0.1, 0.15) is 5.75 Å². The fourth-order valence-corrected chi connectivity index (χ4v) is 3.15. The van der Waals surface area contributed by atoms with E-state index in [-0.39, 0.29) is 6.04 Å². The van der Waals surface area contributed by atoms with Crippen molar-refractivity contribution in [2.75, 3.05) is 5.01 Å². The molecule has 4 rings (SSSR count). The largest absolute Gasteiger partial charge is 0.508 e. The van der Waals surface area contributed by atoms with E-state index in [1.165, 1.54) is 0 Å². The molecule has 0 unspecified atom stereocenters. The Bertz CT molecular complexity index is 859. The minimum atomic E-state index is -0.0104. The molecule has 0 aromatic heterocycles. The standard InChI is InChI=1S/C21H18N2O/c24-21-14-8-7-13-18(21)20-15-19(16-9-3-1-4-10-16)22-23(20)17-11-5-2-6-12-17/h1-14,20,24H,15H2/t20-/m0/s1. The molecule has 0 amide bonds. The first-order chi connectivity index (χ1) is 11.8. The van der Waals surface area contributed by atoms with Gasteiger partial charge in [-0.2, -0.15) is 5.10 Å². The number of hydrogen-bond acceptors (Lipinski definition) is 3. The number of phenols is 1. The van der Waals surface area contributed by atoms with Gasteiger partial charge >= 0.3 is 0 Å². The summed E-state index contributed by atoms with van der Waals surface area (Å²) in [6, 6.07) is 27.8. The summed E-state index contributed by atoms with van der Waals surface area (Å²) in [6.07, 6.45) is 0.760. The number of phenolic OH excluding ortho intramolecular Hbond substituents is 1. The highest BCUT2D eigenvalue weighted by atomic mass is 16.3. The van der Waals surface area contributed by atoms with Crippen molar-refractivity contribution in [3.63, 3.8) is 0 Å². The number of nitrogens with zero attached hydrogens (tertiary/aromatic N) is 2. The second-order valence-electron chi connectivity index (χ2n) is 5.87. The fraction of sp³-hybridized carbons (Fsp3) is 0.0952. The van der Waals surface area contributed by atoms with Gasteiger partial charge in [0, 0.05) is 12.0 Å². The molecule has 3 nitrogen and oxygen atoms in total. The van der Waals surface area contributed by atoms with Gasteiger partial charge in [0.2, 0.25) is 0 Å². The van der Waals surface area contributed by atoms with Gasteiger partial charge in [-0.1, -0.05) is 66.7 Å². The second-order valence-corrected chi connectivity index (χ2v) is 5.87. The summed E-state index contributed by atoms with van der Waals surface area (Å²) in [5.74, 6) is 0.313. The zero-order valence-electron chi connectivity index (χ0n) is 13.2. The van der Waals surface area contributed by atoms with Crippen LogP contribution in [0.25, 0.3) is 0 Å². The summed E-state index contributed by atoms with van der Waals surface area (Å²) in [4.78, 5) is 0. The molecule has 0 radical (unpaired) electrons. The van der Waals surface area contributed by atoms with Crippen LogP contribution in [0.1, 0.15) is 23.6 Å². The predicted molar refractivity (Wildman–Crippen MR) is 97.4 cm³/mol. The van der Waals surface area contributed by atoms with E-state index in [2.05, 4.69) is 12.1 Å². The number of benzene rings is 3. The molecule has 0 saturated carbocycles. The van der Waals surface area contributed by atoms with Crippen LogP contribution in [0.5, 0.6) is 5.75 Å². The van der Waals surface area contributed by atoms with Crippen molar-refractivity contribution in [1.82, 2.24) is 0 Å². The lowest BCUT2D eigenvalue weighted by Gasteiger charge is -2.24. The van der Waals surface area contributed by atoms with Crippen molar-refractivity contribution in [2.45, 2.75) is 12.5 Å². The Labute approximate surface area is 141 Å². The number of aromatic hydroxyl groups is 1. The molecule has 0 spiro atoms. The van der Waals surface area contributed by atoms with E-state index in [1.54, 1.807) is 6.07 Å². The van der Waals surface area contributed by atoms with E-state index in [4.69, 9.17) is 5.10 Å². The molecule has 3 aromatic carbocycles. The van der Waals surface area contributed by atoms with Crippen LogP contribution in [0.15, 0.2) is 90.0 Å². The molecule has 1 N–H and O–H groups in total. The lowest BCUT2D eigenvalue weighted by molar-refractivity contribution is 0.461. The normalized spacial score (nSPS) is 16.9. The molecule has 1 atom stereocenters. The van der Waals surface area contributed by atoms with Crippen LogP contribution in [0.4, 0.5) is 5.69 Å². The molecular formula is C21H18N2O. The van der Waals surface area contributed by atoms with E-state index >= 15 is 0 Å². The summed E-state index contributed by atoms with van der Waals surface area (Å²) in [6.45, 7) is 0. The Balaban J connectivity index is 1.78. The highest BCUT2D eigenvalue weighted by Crippen LogP contribution is 2.39. The third-order valence-electron chi connectivity index (χ3n) is 4.33. The van der Waals surface area contributed by atoms with E-state index in [1.807, 2.05) is 71.7 Å². The van der Waals surface area contributed by atoms with Crippen molar-refractivity contribution in [2.24, 2.45) is 5.10 Å². The van der Waals surface area contributed by atoms with E-state index < -0.39 is 0 Å². The molecule has 0 aliphatic carbocycles. The van der Waals surface area contributed by atoms with Gasteiger partial charge in [-0.25, -0.2) is 0 Å². The molecule has 1 heterocycles. The molecule has 3 heteroatoms. The monoisotopic (exact) mass is 314 g/mol. The van der Waals surface area contributed by atoms with Crippen LogP contribution < -0.4 is 5.01 Å². The van der Waals surface area contributed by atoms with Crippen LogP contribution in [0.2, 0.25) is 0 Å². The topological polar surface area (TPSA) is 35.8 Å². The van der Waals surface area contributed by atoms with Gasteiger partial charge in [-0.3, -0.25) is 5.01 Å². The molecule has 0 saturated heterocycles. The molecule has 1 aliphatic rings. The van der Waals surface area contributed by atoms with Crippen molar-refractivity contribution in [3.8, 4) is 5.75 Å². The van der Waals surface area contributed by atoms with E-state index in [0.717, 1.165) is 28.9 Å². The maximum atomic E-state index is 10.3. The van der Waals surface area contributed by atoms with Crippen LogP contribution in [0, 0.1) is 0 Å². The van der Waals surface area contributed by atoms with Crippen molar-refractivity contribution < 1.29 is 5.11 Å². The van der Waals surface area contributed by atoms with Gasteiger partial charge in [0.25, 0.3) is 0 Å². The Kier molecular flexibility index (Phi) is 3.75. The van der Waals surface area contributed by atoms with Gasteiger partial charge in [-0.05, 0) is 23.8 Å². The SMILES string of the molecule is Oc1ccccc1[C@@H]1CC(c2ccccc2)=NN1c1ccccc1. The van der Waals surface area contributed by atoms with Crippen LogP contribution in [-0.2, 0) is 0 Å². The molecule has 1 aliphatic heterocycles. The second kappa shape index (κ2) is 6.20. The molecule has 118 valence electrons. The van der Waals surface area contributed by atoms with Crippen molar-refractivity contribution in [1.29, 1.82) is 0 Å². The highest BCUT2D eigenvalue weighted by molar-refractivity contribution is 6.03. The third-order valence-corrected chi connectivity index (χ3v) is 4.33. The first-order valence-corrected chi connectivity index (χ1v) is 8.08. The number of hydrazone groups is 1. The molecule has 24 heavy (non-hydrogen) atoms. The van der Waals surface area contributed by atoms with Crippen molar-refractivity contribution >= 4 is 11.4 Å². The Morgan fingerprint density at radius 1 is 0.792 bits per heavy atom. The summed E-state index contributed by atoms with van der Waals surface area (Å²) in [5, 5.41) is 17.2. The van der Waals surface area contributed by atoms with E-state index in [9.17, 15) is 5.11 Å². The summed E-state index contributed by atoms with van der Waals surface area (Å²) < 4.78 is 0. The molecule has 3 aromatic rings.